The fraction of sp³-hybridized carbons (Fsp3) is 0.143. The van der Waals surface area contributed by atoms with Crippen molar-refractivity contribution in [2.75, 3.05) is 5.01 Å². The average Bonchev–Trinajstić information content (AvgIpc) is 3.11. The number of fused-ring (bicyclic) bond motifs is 1. The van der Waals surface area contributed by atoms with Crippen LogP contribution >= 0.6 is 11.6 Å². The maximum absolute atomic E-state index is 13.0. The number of hydrazone groups is 1. The van der Waals surface area contributed by atoms with Crippen molar-refractivity contribution in [3.8, 4) is 0 Å². The molecule has 1 aliphatic heterocycles. The Morgan fingerprint density at radius 2 is 1.77 bits per heavy atom. The summed E-state index contributed by atoms with van der Waals surface area (Å²) < 4.78 is 3.10. The predicted octanol–water partition coefficient (Wildman–Crippen LogP) is 3.03. The molecule has 0 saturated heterocycles. The van der Waals surface area contributed by atoms with Crippen LogP contribution in [0, 0.1) is 0 Å². The minimum absolute atomic E-state index is 0.0798. The van der Waals surface area contributed by atoms with Crippen LogP contribution < -0.4 is 10.7 Å². The number of rotatable bonds is 3. The molecular weight excluding hydrogens is 408 g/mol. The Bertz CT molecular complexity index is 1360. The molecule has 4 rings (SSSR count). The molecule has 8 nitrogen and oxygen atoms in total. The number of imidazole rings is 1. The highest BCUT2D eigenvalue weighted by Gasteiger charge is 2.29. The Morgan fingerprint density at radius 1 is 1.07 bits per heavy atom. The quantitative estimate of drug-likeness (QED) is 0.653. The minimum atomic E-state index is -1.19. The first-order valence-corrected chi connectivity index (χ1v) is 9.37. The summed E-state index contributed by atoms with van der Waals surface area (Å²) >= 11 is 5.91. The lowest BCUT2D eigenvalue weighted by atomic mass is 10.1. The average molecular weight is 425 g/mol. The number of nitrogens with zero attached hydrogens (tertiary/aromatic N) is 4. The molecule has 1 amide bonds. The van der Waals surface area contributed by atoms with Gasteiger partial charge in [-0.15, -0.1) is 0 Å². The Hall–Kier alpha value is -3.65. The van der Waals surface area contributed by atoms with E-state index in [0.717, 1.165) is 21.6 Å². The summed E-state index contributed by atoms with van der Waals surface area (Å²) in [5.41, 5.74) is 3.22. The SMILES string of the molecule is CC1=NN(c2ccc(Cl)c(C(=O)O)c2)C(=O)/C1=C/c1ccc2c(c1)n(C)c(=O)n2C. The first-order chi connectivity index (χ1) is 14.2. The van der Waals surface area contributed by atoms with E-state index in [-0.39, 0.29) is 22.2 Å². The van der Waals surface area contributed by atoms with E-state index in [4.69, 9.17) is 11.6 Å². The van der Waals surface area contributed by atoms with Crippen molar-refractivity contribution in [3.63, 3.8) is 0 Å². The van der Waals surface area contributed by atoms with Crippen LogP contribution in [-0.2, 0) is 18.9 Å². The largest absolute Gasteiger partial charge is 0.478 e. The predicted molar refractivity (Wildman–Crippen MR) is 115 cm³/mol. The molecule has 0 spiro atoms. The maximum atomic E-state index is 13.0. The molecule has 0 aliphatic carbocycles. The molecule has 2 heterocycles. The van der Waals surface area contributed by atoms with Gasteiger partial charge in [-0.2, -0.15) is 10.1 Å². The number of halogens is 1. The molecule has 0 atom stereocenters. The lowest BCUT2D eigenvalue weighted by molar-refractivity contribution is -0.114. The molecule has 0 bridgehead atoms. The van der Waals surface area contributed by atoms with Gasteiger partial charge < -0.3 is 5.11 Å². The van der Waals surface area contributed by atoms with Gasteiger partial charge in [-0.05, 0) is 48.9 Å². The van der Waals surface area contributed by atoms with Gasteiger partial charge >= 0.3 is 11.7 Å². The van der Waals surface area contributed by atoms with Crippen LogP contribution in [0.2, 0.25) is 5.02 Å². The number of carboxylic acid groups (broad SMARTS) is 1. The van der Waals surface area contributed by atoms with E-state index in [2.05, 4.69) is 5.10 Å². The third-order valence-corrected chi connectivity index (χ3v) is 5.42. The summed E-state index contributed by atoms with van der Waals surface area (Å²) in [5.74, 6) is -1.57. The highest BCUT2D eigenvalue weighted by molar-refractivity contribution is 6.34. The van der Waals surface area contributed by atoms with Crippen LogP contribution in [-0.4, -0.2) is 31.8 Å². The fourth-order valence-electron chi connectivity index (χ4n) is 3.45. The molecule has 1 N–H and O–H groups in total. The Morgan fingerprint density at radius 3 is 2.47 bits per heavy atom. The van der Waals surface area contributed by atoms with Crippen molar-refractivity contribution in [1.82, 2.24) is 9.13 Å². The van der Waals surface area contributed by atoms with Crippen molar-refractivity contribution >= 4 is 52.0 Å². The van der Waals surface area contributed by atoms with Crippen molar-refractivity contribution in [1.29, 1.82) is 0 Å². The molecular formula is C21H17ClN4O4. The van der Waals surface area contributed by atoms with Crippen molar-refractivity contribution in [3.05, 3.63) is 68.6 Å². The number of amides is 1. The van der Waals surface area contributed by atoms with Gasteiger partial charge in [0.25, 0.3) is 5.91 Å². The van der Waals surface area contributed by atoms with Crippen LogP contribution in [0.25, 0.3) is 17.1 Å². The van der Waals surface area contributed by atoms with Gasteiger partial charge in [0.05, 0.1) is 38.6 Å². The summed E-state index contributed by atoms with van der Waals surface area (Å²) in [4.78, 5) is 36.4. The summed E-state index contributed by atoms with van der Waals surface area (Å²) in [7, 11) is 3.40. The van der Waals surface area contributed by atoms with E-state index in [1.54, 1.807) is 36.2 Å². The number of benzene rings is 2. The van der Waals surface area contributed by atoms with Crippen molar-refractivity contribution < 1.29 is 14.7 Å². The second-order valence-electron chi connectivity index (χ2n) is 6.98. The number of anilines is 1. The fourth-order valence-corrected chi connectivity index (χ4v) is 3.65. The standard InChI is InChI=1S/C21H17ClN4O4/c1-11-14(8-12-4-7-17-18(9-12)25(3)21(30)24(17)2)19(27)26(23-11)13-5-6-16(22)15(10-13)20(28)29/h4-10H,1-3H3,(H,28,29)/b14-8+. The molecule has 1 aromatic heterocycles. The summed E-state index contributed by atoms with van der Waals surface area (Å²) in [6.07, 6.45) is 1.70. The first kappa shape index (κ1) is 19.7. The van der Waals surface area contributed by atoms with E-state index in [0.29, 0.717) is 17.0 Å². The number of carbonyl (C=O) groups is 2. The molecule has 0 fully saturated rings. The van der Waals surface area contributed by atoms with E-state index >= 15 is 0 Å². The molecule has 2 aromatic carbocycles. The second kappa shape index (κ2) is 7.00. The smallest absolute Gasteiger partial charge is 0.337 e. The maximum Gasteiger partial charge on any atom is 0.337 e. The third kappa shape index (κ3) is 3.02. The lowest BCUT2D eigenvalue weighted by Crippen LogP contribution is -2.21. The Balaban J connectivity index is 1.74. The van der Waals surface area contributed by atoms with Crippen LogP contribution in [0.15, 0.2) is 51.9 Å². The summed E-state index contributed by atoms with van der Waals surface area (Å²) in [6.45, 7) is 1.70. The highest BCUT2D eigenvalue weighted by atomic mass is 35.5. The molecule has 0 saturated carbocycles. The Kier molecular flexibility index (Phi) is 4.58. The van der Waals surface area contributed by atoms with Gasteiger partial charge in [-0.1, -0.05) is 17.7 Å². The number of aromatic carboxylic acids is 1. The highest BCUT2D eigenvalue weighted by Crippen LogP contribution is 2.29. The number of carbonyl (C=O) groups excluding carboxylic acids is 1. The Labute approximate surface area is 175 Å². The summed E-state index contributed by atoms with van der Waals surface area (Å²) in [5, 5.41) is 14.8. The van der Waals surface area contributed by atoms with E-state index in [9.17, 15) is 19.5 Å². The van der Waals surface area contributed by atoms with Gasteiger partial charge in [0.2, 0.25) is 0 Å². The normalized spacial score (nSPS) is 15.3. The number of carboxylic acids is 1. The van der Waals surface area contributed by atoms with Gasteiger partial charge in [0.1, 0.15) is 0 Å². The monoisotopic (exact) mass is 424 g/mol. The lowest BCUT2D eigenvalue weighted by Gasteiger charge is -2.13. The van der Waals surface area contributed by atoms with Crippen LogP contribution in [0.5, 0.6) is 0 Å². The van der Waals surface area contributed by atoms with Crippen LogP contribution in [0.1, 0.15) is 22.8 Å². The zero-order chi connectivity index (χ0) is 21.7. The third-order valence-electron chi connectivity index (χ3n) is 5.09. The first-order valence-electron chi connectivity index (χ1n) is 8.99. The number of hydrogen-bond donors (Lipinski definition) is 1. The van der Waals surface area contributed by atoms with Gasteiger partial charge in [-0.25, -0.2) is 9.59 Å². The molecule has 9 heteroatoms. The van der Waals surface area contributed by atoms with Crippen molar-refractivity contribution in [2.45, 2.75) is 6.92 Å². The van der Waals surface area contributed by atoms with E-state index in [1.807, 2.05) is 18.2 Å². The number of aryl methyl sites for hydroxylation is 2. The van der Waals surface area contributed by atoms with E-state index < -0.39 is 5.97 Å². The summed E-state index contributed by atoms with van der Waals surface area (Å²) in [6, 6.07) is 9.75. The molecule has 30 heavy (non-hydrogen) atoms. The second-order valence-corrected chi connectivity index (χ2v) is 7.39. The minimum Gasteiger partial charge on any atom is -0.478 e. The van der Waals surface area contributed by atoms with Gasteiger partial charge in [0.15, 0.2) is 0 Å². The molecule has 152 valence electrons. The van der Waals surface area contributed by atoms with Crippen molar-refractivity contribution in [2.24, 2.45) is 19.2 Å². The molecule has 0 unspecified atom stereocenters. The van der Waals surface area contributed by atoms with Gasteiger partial charge in [-0.3, -0.25) is 13.9 Å². The molecule has 3 aromatic rings. The molecule has 1 aliphatic rings. The van der Waals surface area contributed by atoms with Crippen LogP contribution in [0.3, 0.4) is 0 Å². The zero-order valence-electron chi connectivity index (χ0n) is 16.4. The topological polar surface area (TPSA) is 96.9 Å². The van der Waals surface area contributed by atoms with Gasteiger partial charge in [0, 0.05) is 14.1 Å². The molecule has 0 radical (unpaired) electrons. The zero-order valence-corrected chi connectivity index (χ0v) is 17.1. The number of hydrogen-bond acceptors (Lipinski definition) is 4. The van der Waals surface area contributed by atoms with Crippen LogP contribution in [0.4, 0.5) is 5.69 Å². The number of aromatic nitrogens is 2. The van der Waals surface area contributed by atoms with E-state index in [1.165, 1.54) is 18.2 Å².